The van der Waals surface area contributed by atoms with Gasteiger partial charge in [0.2, 0.25) is 0 Å². The van der Waals surface area contributed by atoms with Crippen LogP contribution in [0.15, 0.2) is 39.1 Å². The Balaban J connectivity index is 2.55. The quantitative estimate of drug-likeness (QED) is 0.718. The van der Waals surface area contributed by atoms with Gasteiger partial charge in [-0.1, -0.05) is 0 Å². The molecular weight excluding hydrogens is 396 g/mol. The molecule has 0 aromatic carbocycles. The SMILES string of the molecule is Cn1c2c(c(=O)n(C)c1=O)C(C(F)(F)F)(C(F)(F)F)N=C(c1cc[nH+]cc1)N2. The van der Waals surface area contributed by atoms with Gasteiger partial charge in [-0.2, -0.15) is 26.3 Å². The van der Waals surface area contributed by atoms with Crippen LogP contribution in [0.5, 0.6) is 0 Å². The molecule has 13 heteroatoms. The minimum absolute atomic E-state index is 0.115. The summed E-state index contributed by atoms with van der Waals surface area (Å²) < 4.78 is 84.1. The summed E-state index contributed by atoms with van der Waals surface area (Å²) in [5.41, 5.74) is -9.53. The normalized spacial score (nSPS) is 16.2. The number of anilines is 1. The Hall–Kier alpha value is -3.12. The highest BCUT2D eigenvalue weighted by Gasteiger charge is 2.75. The second-order valence-electron chi connectivity index (χ2n) is 6.01. The molecule has 2 aromatic rings. The summed E-state index contributed by atoms with van der Waals surface area (Å²) in [6.45, 7) is 0. The van der Waals surface area contributed by atoms with Gasteiger partial charge in [0.25, 0.3) is 11.1 Å². The van der Waals surface area contributed by atoms with Crippen molar-refractivity contribution in [1.29, 1.82) is 0 Å². The van der Waals surface area contributed by atoms with Crippen LogP contribution in [-0.4, -0.2) is 27.3 Å². The minimum Gasteiger partial charge on any atom is -0.326 e. The fourth-order valence-corrected chi connectivity index (χ4v) is 2.93. The summed E-state index contributed by atoms with van der Waals surface area (Å²) in [6.07, 6.45) is -9.50. The van der Waals surface area contributed by atoms with Crippen molar-refractivity contribution in [2.24, 2.45) is 19.1 Å². The van der Waals surface area contributed by atoms with Crippen molar-refractivity contribution in [2.45, 2.75) is 17.9 Å². The highest BCUT2D eigenvalue weighted by molar-refractivity contribution is 6.09. The van der Waals surface area contributed by atoms with Crippen molar-refractivity contribution < 1.29 is 31.3 Å². The van der Waals surface area contributed by atoms with E-state index >= 15 is 0 Å². The lowest BCUT2D eigenvalue weighted by Gasteiger charge is -2.38. The number of aliphatic imine (C=N–C) groups is 1. The number of aromatic nitrogens is 3. The molecule has 0 saturated carbocycles. The Morgan fingerprint density at radius 1 is 1.00 bits per heavy atom. The van der Waals surface area contributed by atoms with Crippen molar-refractivity contribution in [2.75, 3.05) is 5.32 Å². The molecule has 0 amide bonds. The van der Waals surface area contributed by atoms with E-state index in [1.807, 2.05) is 0 Å². The van der Waals surface area contributed by atoms with Crippen LogP contribution in [0.25, 0.3) is 0 Å². The maximum absolute atomic E-state index is 13.9. The number of H-pyrrole nitrogens is 1. The number of fused-ring (bicyclic) bond motifs is 1. The number of nitrogens with zero attached hydrogens (tertiary/aromatic N) is 3. The lowest BCUT2D eigenvalue weighted by atomic mass is 9.87. The summed E-state index contributed by atoms with van der Waals surface area (Å²) in [5, 5.41) is 2.28. The molecule has 0 saturated heterocycles. The van der Waals surface area contributed by atoms with Crippen LogP contribution in [0, 0.1) is 0 Å². The second-order valence-corrected chi connectivity index (χ2v) is 6.01. The molecule has 0 fully saturated rings. The van der Waals surface area contributed by atoms with E-state index in [4.69, 9.17) is 0 Å². The predicted molar refractivity (Wildman–Crippen MR) is 83.9 cm³/mol. The third kappa shape index (κ3) is 2.52. The van der Waals surface area contributed by atoms with Gasteiger partial charge in [-0.15, -0.1) is 0 Å². The maximum atomic E-state index is 13.9. The first kappa shape index (κ1) is 19.6. The number of amidine groups is 1. The zero-order valence-corrected chi connectivity index (χ0v) is 14.2. The number of alkyl halides is 6. The van der Waals surface area contributed by atoms with Crippen molar-refractivity contribution in [3.8, 4) is 0 Å². The van der Waals surface area contributed by atoms with Gasteiger partial charge >= 0.3 is 18.0 Å². The van der Waals surface area contributed by atoms with Crippen LogP contribution in [-0.2, 0) is 19.6 Å². The fourth-order valence-electron chi connectivity index (χ4n) is 2.93. The van der Waals surface area contributed by atoms with Crippen molar-refractivity contribution in [3.05, 3.63) is 56.5 Å². The van der Waals surface area contributed by atoms with E-state index in [1.54, 1.807) is 0 Å². The van der Waals surface area contributed by atoms with E-state index in [0.717, 1.165) is 14.1 Å². The molecule has 0 radical (unpaired) electrons. The molecule has 0 spiro atoms. The monoisotopic (exact) mass is 408 g/mol. The van der Waals surface area contributed by atoms with Gasteiger partial charge in [0, 0.05) is 31.8 Å². The second kappa shape index (κ2) is 5.94. The Kier molecular flexibility index (Phi) is 4.16. The third-order valence-corrected chi connectivity index (χ3v) is 4.35. The van der Waals surface area contributed by atoms with Crippen LogP contribution in [0.3, 0.4) is 0 Å². The zero-order valence-electron chi connectivity index (χ0n) is 14.2. The van der Waals surface area contributed by atoms with Crippen LogP contribution in [0.4, 0.5) is 32.2 Å². The van der Waals surface area contributed by atoms with Gasteiger partial charge in [-0.05, 0) is 0 Å². The molecule has 2 N–H and O–H groups in total. The van der Waals surface area contributed by atoms with Crippen molar-refractivity contribution >= 4 is 11.7 Å². The van der Waals surface area contributed by atoms with E-state index in [-0.39, 0.29) is 10.1 Å². The highest BCUT2D eigenvalue weighted by Crippen LogP contribution is 2.55. The van der Waals surface area contributed by atoms with E-state index in [9.17, 15) is 35.9 Å². The summed E-state index contributed by atoms with van der Waals surface area (Å²) >= 11 is 0. The van der Waals surface area contributed by atoms with E-state index in [2.05, 4.69) is 15.3 Å². The largest absolute Gasteiger partial charge is 0.427 e. The van der Waals surface area contributed by atoms with Gasteiger partial charge in [0.1, 0.15) is 17.2 Å². The van der Waals surface area contributed by atoms with Crippen LogP contribution < -0.4 is 21.5 Å². The standard InChI is InChI=1S/C15H11F6N5O2/c1-25-10-8(11(27)26(2)12(25)28)13(14(16,17)18,15(19,20)21)24-9(23-10)7-3-5-22-6-4-7/h3-6H,1-2H3,(H,23,24)/p+1. The average Bonchev–Trinajstić information content (AvgIpc) is 2.62. The van der Waals surface area contributed by atoms with E-state index in [1.165, 1.54) is 24.5 Å². The Morgan fingerprint density at radius 3 is 2.04 bits per heavy atom. The Morgan fingerprint density at radius 2 is 1.54 bits per heavy atom. The average molecular weight is 408 g/mol. The first-order valence-corrected chi connectivity index (χ1v) is 7.60. The van der Waals surface area contributed by atoms with Crippen LogP contribution >= 0.6 is 0 Å². The van der Waals surface area contributed by atoms with Gasteiger partial charge in [0.05, 0.1) is 0 Å². The molecule has 3 heterocycles. The lowest BCUT2D eigenvalue weighted by Crippen LogP contribution is -2.60. The topological polar surface area (TPSA) is 82.5 Å². The van der Waals surface area contributed by atoms with Gasteiger partial charge in [-0.3, -0.25) is 13.9 Å². The Labute approximate surface area is 152 Å². The molecule has 150 valence electrons. The first-order chi connectivity index (χ1) is 12.8. The highest BCUT2D eigenvalue weighted by atomic mass is 19.4. The van der Waals surface area contributed by atoms with Crippen molar-refractivity contribution in [1.82, 2.24) is 9.13 Å². The molecule has 0 unspecified atom stereocenters. The number of aromatic amines is 1. The molecule has 28 heavy (non-hydrogen) atoms. The predicted octanol–water partition coefficient (Wildman–Crippen LogP) is 1.09. The van der Waals surface area contributed by atoms with Gasteiger partial charge < -0.3 is 5.32 Å². The number of nitrogens with one attached hydrogen (secondary N) is 2. The fraction of sp³-hybridized carbons (Fsp3) is 0.333. The summed E-state index contributed by atoms with van der Waals surface area (Å²) in [4.78, 5) is 30.0. The van der Waals surface area contributed by atoms with E-state index in [0.29, 0.717) is 4.57 Å². The molecular formula is C15H12F6N5O2+. The smallest absolute Gasteiger partial charge is 0.326 e. The molecule has 1 aliphatic heterocycles. The van der Waals surface area contributed by atoms with Gasteiger partial charge in [-0.25, -0.2) is 14.8 Å². The summed E-state index contributed by atoms with van der Waals surface area (Å²) in [6, 6.07) is 2.38. The van der Waals surface area contributed by atoms with Crippen LogP contribution in [0.2, 0.25) is 0 Å². The maximum Gasteiger partial charge on any atom is 0.427 e. The number of halogens is 6. The van der Waals surface area contributed by atoms with Gasteiger partial charge in [0.15, 0.2) is 12.4 Å². The molecule has 3 rings (SSSR count). The molecule has 7 nitrogen and oxygen atoms in total. The summed E-state index contributed by atoms with van der Waals surface area (Å²) in [7, 11) is 1.74. The first-order valence-electron chi connectivity index (χ1n) is 7.60. The molecule has 0 atom stereocenters. The number of hydrogen-bond acceptors (Lipinski definition) is 4. The molecule has 0 aliphatic carbocycles. The minimum atomic E-state index is -6.02. The zero-order chi connectivity index (χ0) is 21.1. The molecule has 0 bridgehead atoms. The summed E-state index contributed by atoms with van der Waals surface area (Å²) in [5.74, 6) is -1.72. The van der Waals surface area contributed by atoms with Crippen molar-refractivity contribution in [3.63, 3.8) is 0 Å². The lowest BCUT2D eigenvalue weighted by molar-refractivity contribution is -0.378. The van der Waals surface area contributed by atoms with Crippen LogP contribution in [0.1, 0.15) is 11.1 Å². The molecule has 2 aromatic heterocycles. The molecule has 1 aliphatic rings. The Bertz CT molecular complexity index is 1070. The number of pyridine rings is 1. The third-order valence-electron chi connectivity index (χ3n) is 4.35. The number of rotatable bonds is 1. The van der Waals surface area contributed by atoms with E-state index < -0.39 is 46.4 Å². The number of hydrogen-bond donors (Lipinski definition) is 1.